The summed E-state index contributed by atoms with van der Waals surface area (Å²) in [6.07, 6.45) is 2.13. The van der Waals surface area contributed by atoms with Gasteiger partial charge in [-0.15, -0.1) is 0 Å². The number of nitrogens with one attached hydrogen (secondary N) is 1. The van der Waals surface area contributed by atoms with Gasteiger partial charge in [0.05, 0.1) is 5.56 Å². The van der Waals surface area contributed by atoms with Crippen molar-refractivity contribution < 1.29 is 14.7 Å². The van der Waals surface area contributed by atoms with Gasteiger partial charge < -0.3 is 10.4 Å². The molecule has 98 valence electrons. The van der Waals surface area contributed by atoms with Crippen molar-refractivity contribution in [2.45, 2.75) is 33.2 Å². The standard InChI is InChI=1S/C13H18N2O3/c1-4-8(2)11(13(17)18)15-12(16)10-6-5-9(3)14-7-10/h5-8,11H,4H2,1-3H3,(H,15,16)(H,17,18)/t8-,11-/m0/s1. The minimum atomic E-state index is -1.02. The van der Waals surface area contributed by atoms with Crippen molar-refractivity contribution >= 4 is 11.9 Å². The number of nitrogens with zero attached hydrogens (tertiary/aromatic N) is 1. The summed E-state index contributed by atoms with van der Waals surface area (Å²) in [5.41, 5.74) is 1.18. The largest absolute Gasteiger partial charge is 0.480 e. The number of hydrogen-bond donors (Lipinski definition) is 2. The minimum absolute atomic E-state index is 0.121. The smallest absolute Gasteiger partial charge is 0.326 e. The Balaban J connectivity index is 2.78. The molecular formula is C13H18N2O3. The molecule has 1 amide bonds. The lowest BCUT2D eigenvalue weighted by molar-refractivity contribution is -0.140. The van der Waals surface area contributed by atoms with Crippen molar-refractivity contribution in [3.8, 4) is 0 Å². The number of carbonyl (C=O) groups excluding carboxylic acids is 1. The second-order valence-corrected chi connectivity index (χ2v) is 4.36. The quantitative estimate of drug-likeness (QED) is 0.832. The number of amides is 1. The van der Waals surface area contributed by atoms with E-state index in [1.807, 2.05) is 13.8 Å². The van der Waals surface area contributed by atoms with Gasteiger partial charge in [0.1, 0.15) is 6.04 Å². The molecule has 1 aromatic heterocycles. The Hall–Kier alpha value is -1.91. The number of pyridine rings is 1. The predicted molar refractivity (Wildman–Crippen MR) is 67.3 cm³/mol. The molecule has 0 unspecified atom stereocenters. The zero-order chi connectivity index (χ0) is 13.7. The molecule has 0 saturated carbocycles. The van der Waals surface area contributed by atoms with Crippen molar-refractivity contribution in [2.75, 3.05) is 0 Å². The molecule has 0 aromatic carbocycles. The van der Waals surface area contributed by atoms with Crippen LogP contribution < -0.4 is 5.32 Å². The molecule has 2 atom stereocenters. The van der Waals surface area contributed by atoms with E-state index in [4.69, 9.17) is 5.11 Å². The van der Waals surface area contributed by atoms with Crippen LogP contribution in [0.25, 0.3) is 0 Å². The summed E-state index contributed by atoms with van der Waals surface area (Å²) in [4.78, 5) is 27.0. The first kappa shape index (κ1) is 14.2. The lowest BCUT2D eigenvalue weighted by Crippen LogP contribution is -2.45. The summed E-state index contributed by atoms with van der Waals surface area (Å²) in [5, 5.41) is 11.6. The van der Waals surface area contributed by atoms with E-state index in [0.717, 1.165) is 5.69 Å². The number of aliphatic carboxylic acids is 1. The first-order valence-electron chi connectivity index (χ1n) is 5.92. The maximum Gasteiger partial charge on any atom is 0.326 e. The Labute approximate surface area is 106 Å². The third-order valence-electron chi connectivity index (χ3n) is 2.94. The lowest BCUT2D eigenvalue weighted by atomic mass is 9.99. The molecular weight excluding hydrogens is 232 g/mol. The van der Waals surface area contributed by atoms with Gasteiger partial charge in [0.15, 0.2) is 0 Å². The molecule has 5 nitrogen and oxygen atoms in total. The zero-order valence-electron chi connectivity index (χ0n) is 10.8. The van der Waals surface area contributed by atoms with Gasteiger partial charge in [-0.1, -0.05) is 20.3 Å². The molecule has 0 aliphatic heterocycles. The van der Waals surface area contributed by atoms with Gasteiger partial charge in [-0.3, -0.25) is 9.78 Å². The summed E-state index contributed by atoms with van der Waals surface area (Å²) < 4.78 is 0. The fourth-order valence-electron chi connectivity index (χ4n) is 1.51. The Kier molecular flexibility index (Phi) is 4.83. The molecule has 18 heavy (non-hydrogen) atoms. The van der Waals surface area contributed by atoms with Crippen molar-refractivity contribution in [3.05, 3.63) is 29.6 Å². The number of hydrogen-bond acceptors (Lipinski definition) is 3. The average molecular weight is 250 g/mol. The van der Waals surface area contributed by atoms with Gasteiger partial charge in [-0.25, -0.2) is 4.79 Å². The molecule has 1 rings (SSSR count). The second kappa shape index (κ2) is 6.14. The van der Waals surface area contributed by atoms with Gasteiger partial charge >= 0.3 is 5.97 Å². The summed E-state index contributed by atoms with van der Waals surface area (Å²) in [5.74, 6) is -1.54. The van der Waals surface area contributed by atoms with Crippen molar-refractivity contribution in [3.63, 3.8) is 0 Å². The van der Waals surface area contributed by atoms with Crippen LogP contribution in [-0.4, -0.2) is 28.0 Å². The van der Waals surface area contributed by atoms with Crippen LogP contribution in [0.4, 0.5) is 0 Å². The summed E-state index contributed by atoms with van der Waals surface area (Å²) in [6, 6.07) is 2.48. The monoisotopic (exact) mass is 250 g/mol. The molecule has 1 heterocycles. The molecule has 2 N–H and O–H groups in total. The van der Waals surface area contributed by atoms with Crippen LogP contribution in [-0.2, 0) is 4.79 Å². The average Bonchev–Trinajstić information content (AvgIpc) is 2.35. The van der Waals surface area contributed by atoms with E-state index in [-0.39, 0.29) is 5.92 Å². The van der Waals surface area contributed by atoms with E-state index in [1.165, 1.54) is 6.20 Å². The fraction of sp³-hybridized carbons (Fsp3) is 0.462. The van der Waals surface area contributed by atoms with Crippen LogP contribution >= 0.6 is 0 Å². The van der Waals surface area contributed by atoms with Gasteiger partial charge in [-0.05, 0) is 25.0 Å². The van der Waals surface area contributed by atoms with Gasteiger partial charge in [0.2, 0.25) is 0 Å². The third-order valence-corrected chi connectivity index (χ3v) is 2.94. The maximum atomic E-state index is 11.9. The van der Waals surface area contributed by atoms with Crippen LogP contribution in [0, 0.1) is 12.8 Å². The Bertz CT molecular complexity index is 428. The van der Waals surface area contributed by atoms with Gasteiger partial charge in [-0.2, -0.15) is 0 Å². The highest BCUT2D eigenvalue weighted by Gasteiger charge is 2.25. The highest BCUT2D eigenvalue weighted by atomic mass is 16.4. The Morgan fingerprint density at radius 2 is 2.11 bits per heavy atom. The molecule has 0 spiro atoms. The number of rotatable bonds is 5. The van der Waals surface area contributed by atoms with Crippen LogP contribution in [0.1, 0.15) is 36.3 Å². The molecule has 0 bridgehead atoms. The van der Waals surface area contributed by atoms with Gasteiger partial charge in [0.25, 0.3) is 5.91 Å². The molecule has 0 fully saturated rings. The zero-order valence-corrected chi connectivity index (χ0v) is 10.8. The van der Waals surface area contributed by atoms with Crippen LogP contribution in [0.5, 0.6) is 0 Å². The second-order valence-electron chi connectivity index (χ2n) is 4.36. The van der Waals surface area contributed by atoms with E-state index in [9.17, 15) is 9.59 Å². The first-order valence-corrected chi connectivity index (χ1v) is 5.92. The van der Waals surface area contributed by atoms with Crippen LogP contribution in [0.15, 0.2) is 18.3 Å². The van der Waals surface area contributed by atoms with Gasteiger partial charge in [0, 0.05) is 11.9 Å². The SMILES string of the molecule is CC[C@H](C)[C@H](NC(=O)c1ccc(C)nc1)C(=O)O. The molecule has 0 radical (unpaired) electrons. The molecule has 0 aliphatic carbocycles. The maximum absolute atomic E-state index is 11.9. The van der Waals surface area contributed by atoms with E-state index in [0.29, 0.717) is 12.0 Å². The normalized spacial score (nSPS) is 13.7. The number of carbonyl (C=O) groups is 2. The summed E-state index contributed by atoms with van der Waals surface area (Å²) >= 11 is 0. The molecule has 0 aliphatic rings. The van der Waals surface area contributed by atoms with E-state index in [2.05, 4.69) is 10.3 Å². The highest BCUT2D eigenvalue weighted by molar-refractivity contribution is 5.96. The molecule has 0 saturated heterocycles. The third kappa shape index (κ3) is 3.55. The summed E-state index contributed by atoms with van der Waals surface area (Å²) in [7, 11) is 0. The first-order chi connectivity index (χ1) is 8.45. The Morgan fingerprint density at radius 3 is 2.56 bits per heavy atom. The number of aromatic nitrogens is 1. The van der Waals surface area contributed by atoms with Crippen molar-refractivity contribution in [2.24, 2.45) is 5.92 Å². The minimum Gasteiger partial charge on any atom is -0.480 e. The number of carboxylic acids is 1. The van der Waals surface area contributed by atoms with Crippen molar-refractivity contribution in [1.29, 1.82) is 0 Å². The Morgan fingerprint density at radius 1 is 1.44 bits per heavy atom. The van der Waals surface area contributed by atoms with E-state index in [1.54, 1.807) is 19.1 Å². The van der Waals surface area contributed by atoms with E-state index >= 15 is 0 Å². The van der Waals surface area contributed by atoms with Crippen LogP contribution in [0.2, 0.25) is 0 Å². The molecule has 5 heteroatoms. The van der Waals surface area contributed by atoms with Crippen LogP contribution in [0.3, 0.4) is 0 Å². The summed E-state index contributed by atoms with van der Waals surface area (Å²) in [6.45, 7) is 5.51. The molecule has 1 aromatic rings. The topological polar surface area (TPSA) is 79.3 Å². The number of aryl methyl sites for hydroxylation is 1. The highest BCUT2D eigenvalue weighted by Crippen LogP contribution is 2.09. The number of carboxylic acid groups (broad SMARTS) is 1. The fourth-order valence-corrected chi connectivity index (χ4v) is 1.51. The lowest BCUT2D eigenvalue weighted by Gasteiger charge is -2.20. The van der Waals surface area contributed by atoms with E-state index < -0.39 is 17.9 Å². The predicted octanol–water partition coefficient (Wildman–Crippen LogP) is 1.62. The van der Waals surface area contributed by atoms with Crippen molar-refractivity contribution in [1.82, 2.24) is 10.3 Å².